The lowest BCUT2D eigenvalue weighted by Gasteiger charge is -2.03. The fraction of sp³-hybridized carbons (Fsp3) is 0.950. The van der Waals surface area contributed by atoms with Gasteiger partial charge in [-0.2, -0.15) is 0 Å². The Hall–Kier alpha value is -0.200. The Kier molecular flexibility index (Phi) is 20.6. The zero-order chi connectivity index (χ0) is 16.1. The van der Waals surface area contributed by atoms with Crippen molar-refractivity contribution in [3.05, 3.63) is 0 Å². The molecule has 0 saturated heterocycles. The van der Waals surface area contributed by atoms with Crippen molar-refractivity contribution in [2.75, 3.05) is 6.54 Å². The first-order chi connectivity index (χ1) is 10.9. The molecule has 0 aliphatic heterocycles. The summed E-state index contributed by atoms with van der Waals surface area (Å²) in [4.78, 5) is 3.94. The highest BCUT2D eigenvalue weighted by atomic mass is 32.1. The first-order valence-corrected chi connectivity index (χ1v) is 10.4. The zero-order valence-corrected chi connectivity index (χ0v) is 15.9. The number of hydrogen-bond acceptors (Lipinski definition) is 2. The van der Waals surface area contributed by atoms with Crippen LogP contribution in [0.3, 0.4) is 0 Å². The molecule has 0 spiro atoms. The fourth-order valence-electron chi connectivity index (χ4n) is 2.96. The summed E-state index contributed by atoms with van der Waals surface area (Å²) < 4.78 is 0. The molecule has 22 heavy (non-hydrogen) atoms. The van der Waals surface area contributed by atoms with E-state index in [-0.39, 0.29) is 0 Å². The smallest absolute Gasteiger partial charge is 0.0584 e. The maximum Gasteiger partial charge on any atom is 0.0584 e. The van der Waals surface area contributed by atoms with E-state index in [0.717, 1.165) is 6.54 Å². The van der Waals surface area contributed by atoms with Crippen LogP contribution in [0, 0.1) is 0 Å². The summed E-state index contributed by atoms with van der Waals surface area (Å²) in [5, 5.41) is 2.43. The van der Waals surface area contributed by atoms with Crippen LogP contribution in [-0.2, 0) is 0 Å². The van der Waals surface area contributed by atoms with Gasteiger partial charge in [-0.1, -0.05) is 110 Å². The quantitative estimate of drug-likeness (QED) is 0.143. The maximum atomic E-state index is 4.55. The van der Waals surface area contributed by atoms with E-state index in [9.17, 15) is 0 Å². The molecule has 0 bridgehead atoms. The number of nitrogens with zero attached hydrogens (tertiary/aromatic N) is 1. The third-order valence-electron chi connectivity index (χ3n) is 4.44. The molecular formula is C20H39NS. The lowest BCUT2D eigenvalue weighted by Crippen LogP contribution is -1.84. The van der Waals surface area contributed by atoms with Crippen molar-refractivity contribution < 1.29 is 0 Å². The second kappa shape index (κ2) is 20.8. The molecule has 0 amide bonds. The molecule has 0 heterocycles. The highest BCUT2D eigenvalue weighted by molar-refractivity contribution is 7.78. The Morgan fingerprint density at radius 2 is 0.864 bits per heavy atom. The summed E-state index contributed by atoms with van der Waals surface area (Å²) in [6.07, 6.45) is 24.1. The minimum Gasteiger partial charge on any atom is -0.233 e. The van der Waals surface area contributed by atoms with Gasteiger partial charge in [-0.3, -0.25) is 0 Å². The van der Waals surface area contributed by atoms with E-state index in [0.29, 0.717) is 0 Å². The van der Waals surface area contributed by atoms with Crippen LogP contribution >= 0.6 is 12.2 Å². The van der Waals surface area contributed by atoms with Crippen molar-refractivity contribution in [2.24, 2.45) is 4.99 Å². The Balaban J connectivity index is 2.95. The van der Waals surface area contributed by atoms with Gasteiger partial charge in [0.05, 0.1) is 5.16 Å². The molecule has 0 unspecified atom stereocenters. The van der Waals surface area contributed by atoms with Crippen molar-refractivity contribution in [3.8, 4) is 0 Å². The SMILES string of the molecule is CCCCCCCCCCCCCCCCCCCN=C=S. The van der Waals surface area contributed by atoms with Crippen LogP contribution in [0.25, 0.3) is 0 Å². The molecule has 0 aromatic carbocycles. The first-order valence-electron chi connectivity index (χ1n) is 9.95. The van der Waals surface area contributed by atoms with E-state index in [1.165, 1.54) is 109 Å². The van der Waals surface area contributed by atoms with E-state index < -0.39 is 0 Å². The van der Waals surface area contributed by atoms with Gasteiger partial charge >= 0.3 is 0 Å². The van der Waals surface area contributed by atoms with Gasteiger partial charge in [-0.05, 0) is 18.6 Å². The van der Waals surface area contributed by atoms with E-state index in [1.54, 1.807) is 0 Å². The maximum absolute atomic E-state index is 4.55. The van der Waals surface area contributed by atoms with E-state index in [4.69, 9.17) is 0 Å². The lowest BCUT2D eigenvalue weighted by atomic mass is 10.0. The Morgan fingerprint density at radius 1 is 0.545 bits per heavy atom. The van der Waals surface area contributed by atoms with Crippen molar-refractivity contribution >= 4 is 17.4 Å². The third kappa shape index (κ3) is 19.8. The van der Waals surface area contributed by atoms with Crippen LogP contribution in [0.5, 0.6) is 0 Å². The minimum absolute atomic E-state index is 0.877. The zero-order valence-electron chi connectivity index (χ0n) is 15.1. The molecule has 0 aliphatic rings. The van der Waals surface area contributed by atoms with Crippen LogP contribution in [0.4, 0.5) is 0 Å². The molecular weight excluding hydrogens is 286 g/mol. The number of hydrogen-bond donors (Lipinski definition) is 0. The topological polar surface area (TPSA) is 12.4 Å². The standard InChI is InChI=1S/C20H39NS/c1-2-3-4-5-6-7-8-9-10-11-12-13-14-15-16-17-18-19-21-20-22/h2-19H2,1H3. The number of rotatable bonds is 18. The van der Waals surface area contributed by atoms with E-state index in [1.807, 2.05) is 0 Å². The number of unbranched alkanes of at least 4 members (excludes halogenated alkanes) is 16. The molecule has 0 aromatic heterocycles. The third-order valence-corrected chi connectivity index (χ3v) is 4.57. The number of aliphatic imine (C=N–C) groups is 1. The summed E-state index contributed by atoms with van der Waals surface area (Å²) in [6.45, 7) is 3.17. The average Bonchev–Trinajstić information content (AvgIpc) is 2.54. The summed E-state index contributed by atoms with van der Waals surface area (Å²) in [5.41, 5.74) is 0. The van der Waals surface area contributed by atoms with Gasteiger partial charge in [0.15, 0.2) is 0 Å². The number of isothiocyanates is 1. The minimum atomic E-state index is 0.877. The molecule has 0 radical (unpaired) electrons. The Morgan fingerprint density at radius 3 is 1.18 bits per heavy atom. The monoisotopic (exact) mass is 325 g/mol. The summed E-state index contributed by atoms with van der Waals surface area (Å²) in [7, 11) is 0. The predicted octanol–water partition coefficient (Wildman–Crippen LogP) is 7.74. The molecule has 1 nitrogen and oxygen atoms in total. The van der Waals surface area contributed by atoms with Crippen LogP contribution in [0.15, 0.2) is 4.99 Å². The molecule has 0 rings (SSSR count). The summed E-state index contributed by atoms with van der Waals surface area (Å²) in [5.74, 6) is 0. The van der Waals surface area contributed by atoms with E-state index >= 15 is 0 Å². The van der Waals surface area contributed by atoms with Gasteiger partial charge < -0.3 is 0 Å². The van der Waals surface area contributed by atoms with Crippen LogP contribution < -0.4 is 0 Å². The van der Waals surface area contributed by atoms with Crippen molar-refractivity contribution in [2.45, 2.75) is 116 Å². The van der Waals surface area contributed by atoms with E-state index in [2.05, 4.69) is 29.3 Å². The second-order valence-corrected chi connectivity index (χ2v) is 6.81. The Bertz CT molecular complexity index is 246. The Labute approximate surface area is 145 Å². The highest BCUT2D eigenvalue weighted by Gasteiger charge is 1.94. The summed E-state index contributed by atoms with van der Waals surface area (Å²) >= 11 is 4.55. The van der Waals surface area contributed by atoms with Crippen LogP contribution in [0.2, 0.25) is 0 Å². The van der Waals surface area contributed by atoms with Crippen molar-refractivity contribution in [1.29, 1.82) is 0 Å². The van der Waals surface area contributed by atoms with Gasteiger partial charge in [0.1, 0.15) is 0 Å². The fourth-order valence-corrected chi connectivity index (χ4v) is 3.05. The molecule has 2 heteroatoms. The predicted molar refractivity (Wildman–Crippen MR) is 104 cm³/mol. The van der Waals surface area contributed by atoms with Crippen molar-refractivity contribution in [1.82, 2.24) is 0 Å². The summed E-state index contributed by atoms with van der Waals surface area (Å²) in [6, 6.07) is 0. The van der Waals surface area contributed by atoms with Gasteiger partial charge in [0.2, 0.25) is 0 Å². The largest absolute Gasteiger partial charge is 0.233 e. The van der Waals surface area contributed by atoms with Crippen molar-refractivity contribution in [3.63, 3.8) is 0 Å². The average molecular weight is 326 g/mol. The van der Waals surface area contributed by atoms with Gasteiger partial charge in [0.25, 0.3) is 0 Å². The molecule has 0 N–H and O–H groups in total. The number of thiocarbonyl (C=S) groups is 1. The molecule has 0 atom stereocenters. The molecule has 130 valence electrons. The normalized spacial score (nSPS) is 10.6. The first kappa shape index (κ1) is 21.8. The highest BCUT2D eigenvalue weighted by Crippen LogP contribution is 2.13. The van der Waals surface area contributed by atoms with Gasteiger partial charge in [-0.15, -0.1) is 0 Å². The molecule has 0 saturated carbocycles. The van der Waals surface area contributed by atoms with Crippen LogP contribution in [-0.4, -0.2) is 11.7 Å². The molecule has 0 aromatic rings. The second-order valence-electron chi connectivity index (χ2n) is 6.63. The van der Waals surface area contributed by atoms with Gasteiger partial charge in [-0.25, -0.2) is 4.99 Å². The molecule has 0 aliphatic carbocycles. The lowest BCUT2D eigenvalue weighted by molar-refractivity contribution is 0.528. The van der Waals surface area contributed by atoms with Gasteiger partial charge in [0, 0.05) is 6.54 Å². The van der Waals surface area contributed by atoms with Crippen LogP contribution in [0.1, 0.15) is 116 Å². The molecule has 0 fully saturated rings.